The van der Waals surface area contributed by atoms with Crippen LogP contribution in [0.25, 0.3) is 0 Å². The van der Waals surface area contributed by atoms with Gasteiger partial charge in [-0.1, -0.05) is 23.8 Å². The van der Waals surface area contributed by atoms with Crippen molar-refractivity contribution in [3.63, 3.8) is 0 Å². The number of nitrogens with two attached hydrogens (primary N) is 1. The van der Waals surface area contributed by atoms with Crippen molar-refractivity contribution in [2.45, 2.75) is 45.8 Å². The maximum atomic E-state index is 6.19. The molecule has 0 heterocycles. The molecule has 0 aliphatic carbocycles. The molecule has 0 amide bonds. The summed E-state index contributed by atoms with van der Waals surface area (Å²) in [7, 11) is 1.74. The van der Waals surface area contributed by atoms with Crippen LogP contribution < -0.4 is 5.73 Å². The lowest BCUT2D eigenvalue weighted by Crippen LogP contribution is -2.15. The van der Waals surface area contributed by atoms with Gasteiger partial charge in [-0.2, -0.15) is 0 Å². The van der Waals surface area contributed by atoms with Gasteiger partial charge in [-0.25, -0.2) is 0 Å². The highest BCUT2D eigenvalue weighted by molar-refractivity contribution is 5.32. The molecular formula is C14H23NO. The quantitative estimate of drug-likeness (QED) is 0.829. The van der Waals surface area contributed by atoms with Crippen LogP contribution in [0, 0.1) is 13.8 Å². The van der Waals surface area contributed by atoms with E-state index >= 15 is 0 Å². The van der Waals surface area contributed by atoms with Gasteiger partial charge in [0.25, 0.3) is 0 Å². The summed E-state index contributed by atoms with van der Waals surface area (Å²) >= 11 is 0. The zero-order valence-electron chi connectivity index (χ0n) is 10.8. The maximum Gasteiger partial charge on any atom is 0.0543 e. The van der Waals surface area contributed by atoms with Crippen LogP contribution in [-0.4, -0.2) is 13.2 Å². The van der Waals surface area contributed by atoms with Crippen LogP contribution in [0.15, 0.2) is 18.2 Å². The predicted molar refractivity (Wildman–Crippen MR) is 68.5 cm³/mol. The van der Waals surface area contributed by atoms with Crippen molar-refractivity contribution in [1.29, 1.82) is 0 Å². The Morgan fingerprint density at radius 2 is 1.94 bits per heavy atom. The largest absolute Gasteiger partial charge is 0.382 e. The molecule has 1 aromatic carbocycles. The fourth-order valence-electron chi connectivity index (χ4n) is 1.93. The molecule has 0 radical (unpaired) electrons. The average molecular weight is 221 g/mol. The molecule has 1 rings (SSSR count). The van der Waals surface area contributed by atoms with Gasteiger partial charge in [0.15, 0.2) is 0 Å². The number of hydrogen-bond donors (Lipinski definition) is 1. The Hall–Kier alpha value is -0.860. The third-order valence-corrected chi connectivity index (χ3v) is 3.11. The summed E-state index contributed by atoms with van der Waals surface area (Å²) < 4.78 is 5.23. The minimum Gasteiger partial charge on any atom is -0.382 e. The molecule has 0 spiro atoms. The van der Waals surface area contributed by atoms with Crippen molar-refractivity contribution >= 4 is 0 Å². The molecular weight excluding hydrogens is 198 g/mol. The zero-order valence-corrected chi connectivity index (χ0v) is 10.8. The predicted octanol–water partition coefficient (Wildman–Crippen LogP) is 3.12. The molecule has 0 saturated carbocycles. The summed E-state index contributed by atoms with van der Waals surface area (Å²) in [6.07, 6.45) is 2.26. The molecule has 90 valence electrons. The molecule has 0 bridgehead atoms. The van der Waals surface area contributed by atoms with Gasteiger partial charge in [0, 0.05) is 13.2 Å². The number of benzene rings is 1. The summed E-state index contributed by atoms with van der Waals surface area (Å²) in [6, 6.07) is 6.59. The van der Waals surface area contributed by atoms with E-state index in [1.807, 2.05) is 0 Å². The fraction of sp³-hybridized carbons (Fsp3) is 0.571. The molecule has 0 saturated heterocycles. The van der Waals surface area contributed by atoms with Gasteiger partial charge in [-0.05, 0) is 44.7 Å². The number of ether oxygens (including phenoxy) is 1. The van der Waals surface area contributed by atoms with Crippen LogP contribution in [0.5, 0.6) is 0 Å². The van der Waals surface area contributed by atoms with Crippen molar-refractivity contribution in [3.8, 4) is 0 Å². The van der Waals surface area contributed by atoms with Crippen LogP contribution >= 0.6 is 0 Å². The van der Waals surface area contributed by atoms with E-state index in [9.17, 15) is 0 Å². The zero-order chi connectivity index (χ0) is 12.1. The normalized spacial score (nSPS) is 14.8. The van der Waals surface area contributed by atoms with E-state index in [4.69, 9.17) is 10.5 Å². The highest BCUT2D eigenvalue weighted by Gasteiger charge is 2.10. The summed E-state index contributed by atoms with van der Waals surface area (Å²) in [5.41, 5.74) is 10.0. The first-order valence-corrected chi connectivity index (χ1v) is 5.90. The van der Waals surface area contributed by atoms with Gasteiger partial charge in [0.1, 0.15) is 0 Å². The van der Waals surface area contributed by atoms with Crippen LogP contribution in [0.4, 0.5) is 0 Å². The standard InChI is InChI=1S/C14H23NO/c1-10-5-7-13(11(2)9-10)14(15)8-6-12(3)16-4/h5,7,9,12,14H,6,8,15H2,1-4H3. The third-order valence-electron chi connectivity index (χ3n) is 3.11. The van der Waals surface area contributed by atoms with Crippen LogP contribution in [-0.2, 0) is 4.74 Å². The molecule has 2 unspecified atom stereocenters. The van der Waals surface area contributed by atoms with Crippen LogP contribution in [0.3, 0.4) is 0 Å². The topological polar surface area (TPSA) is 35.2 Å². The molecule has 0 aromatic heterocycles. The summed E-state index contributed by atoms with van der Waals surface area (Å²) in [5.74, 6) is 0. The first kappa shape index (κ1) is 13.2. The van der Waals surface area contributed by atoms with E-state index in [2.05, 4.69) is 39.0 Å². The van der Waals surface area contributed by atoms with Crippen molar-refractivity contribution < 1.29 is 4.74 Å². The van der Waals surface area contributed by atoms with Crippen molar-refractivity contribution in [1.82, 2.24) is 0 Å². The second kappa shape index (κ2) is 6.02. The highest BCUT2D eigenvalue weighted by Crippen LogP contribution is 2.21. The first-order valence-electron chi connectivity index (χ1n) is 5.90. The second-order valence-corrected chi connectivity index (χ2v) is 4.59. The van der Waals surface area contributed by atoms with E-state index in [1.54, 1.807) is 7.11 Å². The molecule has 2 N–H and O–H groups in total. The minimum absolute atomic E-state index is 0.123. The molecule has 0 fully saturated rings. The Kier molecular flexibility index (Phi) is 4.97. The van der Waals surface area contributed by atoms with Gasteiger partial charge in [-0.15, -0.1) is 0 Å². The summed E-state index contributed by atoms with van der Waals surface area (Å²) in [4.78, 5) is 0. The van der Waals surface area contributed by atoms with E-state index in [0.29, 0.717) is 0 Å². The van der Waals surface area contributed by atoms with Crippen molar-refractivity contribution in [2.24, 2.45) is 5.73 Å². The molecule has 16 heavy (non-hydrogen) atoms. The second-order valence-electron chi connectivity index (χ2n) is 4.59. The SMILES string of the molecule is COC(C)CCC(N)c1ccc(C)cc1C. The smallest absolute Gasteiger partial charge is 0.0543 e. The maximum absolute atomic E-state index is 6.19. The Bertz CT molecular complexity index is 336. The average Bonchev–Trinajstić information content (AvgIpc) is 2.25. The molecule has 0 aliphatic heterocycles. The Labute approximate surface area is 98.8 Å². The lowest BCUT2D eigenvalue weighted by atomic mass is 9.96. The highest BCUT2D eigenvalue weighted by atomic mass is 16.5. The van der Waals surface area contributed by atoms with E-state index in [1.165, 1.54) is 16.7 Å². The lowest BCUT2D eigenvalue weighted by Gasteiger charge is -2.17. The van der Waals surface area contributed by atoms with E-state index < -0.39 is 0 Å². The van der Waals surface area contributed by atoms with E-state index in [-0.39, 0.29) is 12.1 Å². The molecule has 2 heteroatoms. The van der Waals surface area contributed by atoms with E-state index in [0.717, 1.165) is 12.8 Å². The van der Waals surface area contributed by atoms with Gasteiger partial charge in [0.2, 0.25) is 0 Å². The molecule has 2 atom stereocenters. The monoisotopic (exact) mass is 221 g/mol. The molecule has 1 aromatic rings. The minimum atomic E-state index is 0.123. The fourth-order valence-corrected chi connectivity index (χ4v) is 1.93. The van der Waals surface area contributed by atoms with Crippen LogP contribution in [0.2, 0.25) is 0 Å². The summed E-state index contributed by atoms with van der Waals surface area (Å²) in [6.45, 7) is 6.31. The lowest BCUT2D eigenvalue weighted by molar-refractivity contribution is 0.107. The Morgan fingerprint density at radius 1 is 1.25 bits per heavy atom. The first-order chi connectivity index (χ1) is 7.54. The van der Waals surface area contributed by atoms with Gasteiger partial charge >= 0.3 is 0 Å². The number of hydrogen-bond acceptors (Lipinski definition) is 2. The van der Waals surface area contributed by atoms with Crippen molar-refractivity contribution in [3.05, 3.63) is 34.9 Å². The Balaban J connectivity index is 2.62. The van der Waals surface area contributed by atoms with Gasteiger partial charge in [0.05, 0.1) is 6.10 Å². The van der Waals surface area contributed by atoms with Crippen LogP contribution in [0.1, 0.15) is 42.5 Å². The summed E-state index contributed by atoms with van der Waals surface area (Å²) in [5, 5.41) is 0. The number of aryl methyl sites for hydroxylation is 2. The van der Waals surface area contributed by atoms with Gasteiger partial charge in [-0.3, -0.25) is 0 Å². The molecule has 0 aliphatic rings. The Morgan fingerprint density at radius 3 is 2.50 bits per heavy atom. The van der Waals surface area contributed by atoms with Gasteiger partial charge < -0.3 is 10.5 Å². The number of methoxy groups -OCH3 is 1. The molecule has 2 nitrogen and oxygen atoms in total. The van der Waals surface area contributed by atoms with Crippen molar-refractivity contribution in [2.75, 3.05) is 7.11 Å². The third kappa shape index (κ3) is 3.62. The number of rotatable bonds is 5.